The van der Waals surface area contributed by atoms with Gasteiger partial charge in [-0.3, -0.25) is 0 Å². The second-order valence-corrected chi connectivity index (χ2v) is 6.77. The van der Waals surface area contributed by atoms with E-state index in [1.807, 2.05) is 6.08 Å². The molecule has 0 aromatic carbocycles. The van der Waals surface area contributed by atoms with Gasteiger partial charge >= 0.3 is 5.97 Å². The summed E-state index contributed by atoms with van der Waals surface area (Å²) in [5, 5.41) is 8.73. The number of hydrogen-bond acceptors (Lipinski definition) is 2. The highest BCUT2D eigenvalue weighted by Gasteiger charge is 2.76. The van der Waals surface area contributed by atoms with Crippen molar-refractivity contribution in [2.45, 2.75) is 63.6 Å². The maximum atomic E-state index is 10.6. The number of rotatable bonds is 2. The molecule has 4 atom stereocenters. The molecule has 18 heavy (non-hydrogen) atoms. The Kier molecular flexibility index (Phi) is 2.44. The Morgan fingerprint density at radius 2 is 2.11 bits per heavy atom. The molecular formula is C15H22O3. The van der Waals surface area contributed by atoms with Gasteiger partial charge in [-0.15, -0.1) is 0 Å². The lowest BCUT2D eigenvalue weighted by Crippen LogP contribution is -2.48. The maximum absolute atomic E-state index is 10.6. The molecule has 1 N–H and O–H groups in total. The van der Waals surface area contributed by atoms with Gasteiger partial charge in [0.15, 0.2) is 0 Å². The SMILES string of the molecule is C[C@]12CCC[C@]3(C)O[C@]13C[C@H](/C=C/C(=O)O)CC2. The van der Waals surface area contributed by atoms with Crippen LogP contribution in [-0.4, -0.2) is 22.3 Å². The largest absolute Gasteiger partial charge is 0.478 e. The standard InChI is InChI=1S/C15H22O3/c1-13-7-3-8-14(2)15(13,18-14)10-11(6-9-13)4-5-12(16)17/h4-5,11H,3,6-10H2,1-2H3,(H,16,17)/b5-4+/t11-,13-,14+,15-/m1/s1. The summed E-state index contributed by atoms with van der Waals surface area (Å²) in [5.74, 6) is -0.474. The minimum absolute atomic E-state index is 0.0318. The molecule has 0 bridgehead atoms. The van der Waals surface area contributed by atoms with Crippen molar-refractivity contribution in [1.29, 1.82) is 0 Å². The summed E-state index contributed by atoms with van der Waals surface area (Å²) >= 11 is 0. The van der Waals surface area contributed by atoms with Gasteiger partial charge < -0.3 is 9.84 Å². The Morgan fingerprint density at radius 1 is 1.33 bits per heavy atom. The highest BCUT2D eigenvalue weighted by atomic mass is 16.6. The van der Waals surface area contributed by atoms with E-state index in [4.69, 9.17) is 9.84 Å². The van der Waals surface area contributed by atoms with Crippen molar-refractivity contribution in [3.8, 4) is 0 Å². The Hall–Kier alpha value is -0.830. The molecule has 1 spiro atoms. The molecule has 0 amide bonds. The predicted molar refractivity (Wildman–Crippen MR) is 68.3 cm³/mol. The van der Waals surface area contributed by atoms with Crippen molar-refractivity contribution < 1.29 is 14.6 Å². The molecule has 0 unspecified atom stereocenters. The summed E-state index contributed by atoms with van der Waals surface area (Å²) in [6.07, 6.45) is 10.1. The zero-order chi connectivity index (χ0) is 13.0. The number of aliphatic carboxylic acids is 1. The summed E-state index contributed by atoms with van der Waals surface area (Å²) in [6, 6.07) is 0. The molecule has 1 aliphatic heterocycles. The van der Waals surface area contributed by atoms with Crippen molar-refractivity contribution in [1.82, 2.24) is 0 Å². The highest BCUT2D eigenvalue weighted by Crippen LogP contribution is 2.71. The average Bonchev–Trinajstić information content (AvgIpc) is 2.90. The first-order valence-corrected chi connectivity index (χ1v) is 7.02. The van der Waals surface area contributed by atoms with Crippen LogP contribution in [0.4, 0.5) is 0 Å². The number of carboxylic acid groups (broad SMARTS) is 1. The number of carbonyl (C=O) groups is 1. The Bertz CT molecular complexity index is 416. The van der Waals surface area contributed by atoms with Crippen LogP contribution in [0.25, 0.3) is 0 Å². The first kappa shape index (κ1) is 12.2. The highest BCUT2D eigenvalue weighted by molar-refractivity contribution is 5.79. The first-order valence-electron chi connectivity index (χ1n) is 7.02. The molecule has 3 nitrogen and oxygen atoms in total. The molecule has 0 aromatic heterocycles. The molecule has 3 heteroatoms. The van der Waals surface area contributed by atoms with Gasteiger partial charge in [-0.05, 0) is 56.8 Å². The molecule has 2 saturated carbocycles. The fourth-order valence-corrected chi connectivity index (χ4v) is 4.58. The fourth-order valence-electron chi connectivity index (χ4n) is 4.58. The summed E-state index contributed by atoms with van der Waals surface area (Å²) in [5.41, 5.74) is 0.410. The Balaban J connectivity index is 1.81. The fraction of sp³-hybridized carbons (Fsp3) is 0.800. The van der Waals surface area contributed by atoms with Crippen molar-refractivity contribution in [3.05, 3.63) is 12.2 Å². The van der Waals surface area contributed by atoms with Crippen molar-refractivity contribution in [3.63, 3.8) is 0 Å². The van der Waals surface area contributed by atoms with Gasteiger partial charge in [0, 0.05) is 6.08 Å². The van der Waals surface area contributed by atoms with Crippen LogP contribution >= 0.6 is 0 Å². The van der Waals surface area contributed by atoms with Gasteiger partial charge in [-0.1, -0.05) is 13.0 Å². The van der Waals surface area contributed by atoms with Crippen molar-refractivity contribution >= 4 is 5.97 Å². The van der Waals surface area contributed by atoms with E-state index in [0.717, 1.165) is 25.7 Å². The topological polar surface area (TPSA) is 49.8 Å². The molecule has 100 valence electrons. The van der Waals surface area contributed by atoms with E-state index in [-0.39, 0.29) is 11.2 Å². The van der Waals surface area contributed by atoms with E-state index >= 15 is 0 Å². The van der Waals surface area contributed by atoms with E-state index in [1.54, 1.807) is 0 Å². The van der Waals surface area contributed by atoms with Gasteiger partial charge in [0.2, 0.25) is 0 Å². The van der Waals surface area contributed by atoms with E-state index in [2.05, 4.69) is 13.8 Å². The average molecular weight is 250 g/mol. The van der Waals surface area contributed by atoms with Crippen molar-refractivity contribution in [2.75, 3.05) is 0 Å². The van der Waals surface area contributed by atoms with Crippen LogP contribution < -0.4 is 0 Å². The molecular weight excluding hydrogens is 228 g/mol. The maximum Gasteiger partial charge on any atom is 0.327 e. The van der Waals surface area contributed by atoms with Crippen LogP contribution in [0.1, 0.15) is 52.4 Å². The molecule has 3 rings (SSSR count). The number of carboxylic acids is 1. The van der Waals surface area contributed by atoms with Gasteiger partial charge in [0.25, 0.3) is 0 Å². The zero-order valence-corrected chi connectivity index (χ0v) is 11.2. The Labute approximate surface area is 108 Å². The minimum Gasteiger partial charge on any atom is -0.478 e. The molecule has 1 heterocycles. The minimum atomic E-state index is -0.844. The smallest absolute Gasteiger partial charge is 0.327 e. The lowest BCUT2D eigenvalue weighted by Gasteiger charge is -2.46. The third-order valence-corrected chi connectivity index (χ3v) is 5.70. The van der Waals surface area contributed by atoms with Crippen LogP contribution in [-0.2, 0) is 9.53 Å². The summed E-state index contributed by atoms with van der Waals surface area (Å²) < 4.78 is 6.22. The van der Waals surface area contributed by atoms with Crippen LogP contribution in [0.5, 0.6) is 0 Å². The summed E-state index contributed by atoms with van der Waals surface area (Å²) in [7, 11) is 0. The first-order chi connectivity index (χ1) is 8.41. The summed E-state index contributed by atoms with van der Waals surface area (Å²) in [6.45, 7) is 4.61. The van der Waals surface area contributed by atoms with Gasteiger partial charge in [-0.2, -0.15) is 0 Å². The zero-order valence-electron chi connectivity index (χ0n) is 11.2. The quantitative estimate of drug-likeness (QED) is 0.605. The van der Waals surface area contributed by atoms with Crippen molar-refractivity contribution in [2.24, 2.45) is 11.3 Å². The van der Waals surface area contributed by atoms with E-state index in [0.29, 0.717) is 11.3 Å². The lowest BCUT2D eigenvalue weighted by molar-refractivity contribution is -0.131. The number of allylic oxidation sites excluding steroid dienone is 1. The van der Waals surface area contributed by atoms with Crippen LogP contribution in [0.3, 0.4) is 0 Å². The third kappa shape index (κ3) is 1.49. The van der Waals surface area contributed by atoms with Gasteiger partial charge in [0.1, 0.15) is 5.60 Å². The molecule has 0 aromatic rings. The second kappa shape index (κ2) is 3.60. The van der Waals surface area contributed by atoms with E-state index in [1.165, 1.54) is 18.9 Å². The number of ether oxygens (including phenoxy) is 1. The summed E-state index contributed by atoms with van der Waals surface area (Å²) in [4.78, 5) is 10.6. The Morgan fingerprint density at radius 3 is 2.83 bits per heavy atom. The van der Waals surface area contributed by atoms with Crippen LogP contribution in [0, 0.1) is 11.3 Å². The molecule has 1 saturated heterocycles. The van der Waals surface area contributed by atoms with Gasteiger partial charge in [-0.25, -0.2) is 4.79 Å². The normalized spacial score (nSPS) is 50.7. The molecule has 0 radical (unpaired) electrons. The molecule has 3 fully saturated rings. The van der Waals surface area contributed by atoms with Crippen LogP contribution in [0.2, 0.25) is 0 Å². The van der Waals surface area contributed by atoms with Crippen LogP contribution in [0.15, 0.2) is 12.2 Å². The number of epoxide rings is 1. The monoisotopic (exact) mass is 250 g/mol. The molecule has 3 aliphatic rings. The number of hydrogen-bond donors (Lipinski definition) is 1. The van der Waals surface area contributed by atoms with E-state index in [9.17, 15) is 4.79 Å². The third-order valence-electron chi connectivity index (χ3n) is 5.70. The molecule has 2 aliphatic carbocycles. The lowest BCUT2D eigenvalue weighted by atomic mass is 9.55. The second-order valence-electron chi connectivity index (χ2n) is 6.77. The van der Waals surface area contributed by atoms with E-state index < -0.39 is 5.97 Å². The predicted octanol–water partition coefficient (Wildman–Crippen LogP) is 3.15. The van der Waals surface area contributed by atoms with Gasteiger partial charge in [0.05, 0.1) is 5.60 Å².